The number of anilines is 1. The quantitative estimate of drug-likeness (QED) is 0.378. The van der Waals surface area contributed by atoms with Crippen LogP contribution in [0.25, 0.3) is 0 Å². The molecule has 0 radical (unpaired) electrons. The van der Waals surface area contributed by atoms with Crippen molar-refractivity contribution in [1.29, 1.82) is 0 Å². The van der Waals surface area contributed by atoms with E-state index < -0.39 is 10.0 Å². The van der Waals surface area contributed by atoms with E-state index in [1.807, 2.05) is 48.5 Å². The summed E-state index contributed by atoms with van der Waals surface area (Å²) in [5.41, 5.74) is 1.68. The van der Waals surface area contributed by atoms with E-state index in [0.29, 0.717) is 23.7 Å². The molecule has 33 heavy (non-hydrogen) atoms. The number of ether oxygens (including phenoxy) is 1. The van der Waals surface area contributed by atoms with Gasteiger partial charge < -0.3 is 10.1 Å². The van der Waals surface area contributed by atoms with Gasteiger partial charge in [-0.15, -0.1) is 0 Å². The number of carbonyl (C=O) groups is 1. The number of nitrogens with one attached hydrogen (secondary N) is 1. The zero-order valence-corrected chi connectivity index (χ0v) is 20.1. The lowest BCUT2D eigenvalue weighted by Gasteiger charge is -2.22. The maximum absolute atomic E-state index is 12.4. The summed E-state index contributed by atoms with van der Waals surface area (Å²) in [5, 5.41) is 2.81. The molecule has 1 N–H and O–H groups in total. The molecule has 0 aliphatic rings. The summed E-state index contributed by atoms with van der Waals surface area (Å²) in [6, 6.07) is 26.2. The largest absolute Gasteiger partial charge is 0.457 e. The molecule has 174 valence electrons. The van der Waals surface area contributed by atoms with Crippen molar-refractivity contribution in [2.24, 2.45) is 0 Å². The minimum atomic E-state index is -3.63. The molecule has 3 rings (SSSR count). The normalized spacial score (nSPS) is 11.1. The third-order valence-electron chi connectivity index (χ3n) is 4.69. The molecule has 0 saturated carbocycles. The Morgan fingerprint density at radius 3 is 2.15 bits per heavy atom. The van der Waals surface area contributed by atoms with Gasteiger partial charge in [-0.2, -0.15) is 11.8 Å². The van der Waals surface area contributed by atoms with E-state index >= 15 is 0 Å². The molecule has 0 atom stereocenters. The van der Waals surface area contributed by atoms with Crippen LogP contribution in [0, 0.1) is 0 Å². The fraction of sp³-hybridized carbons (Fsp3) is 0.240. The Bertz CT molecular complexity index is 1110. The molecule has 8 heteroatoms. The fourth-order valence-corrected chi connectivity index (χ4v) is 4.84. The Labute approximate surface area is 200 Å². The average Bonchev–Trinajstić information content (AvgIpc) is 2.81. The molecule has 3 aromatic rings. The molecule has 0 spiro atoms. The maximum atomic E-state index is 12.4. The number of amides is 1. The SMILES string of the molecule is CS(=O)(=O)N(CC(=O)NCCCSCc1ccccc1)c1ccc(Oc2ccccc2)cc1. The first-order valence-electron chi connectivity index (χ1n) is 10.6. The molecule has 0 heterocycles. The number of hydrogen-bond acceptors (Lipinski definition) is 5. The van der Waals surface area contributed by atoms with Crippen LogP contribution in [0.3, 0.4) is 0 Å². The van der Waals surface area contributed by atoms with E-state index in [0.717, 1.165) is 28.5 Å². The van der Waals surface area contributed by atoms with Gasteiger partial charge in [-0.3, -0.25) is 9.10 Å². The van der Waals surface area contributed by atoms with Crippen LogP contribution in [-0.2, 0) is 20.6 Å². The zero-order chi connectivity index (χ0) is 23.5. The fourth-order valence-electron chi connectivity index (χ4n) is 3.06. The van der Waals surface area contributed by atoms with Crippen molar-refractivity contribution in [2.45, 2.75) is 12.2 Å². The van der Waals surface area contributed by atoms with Gasteiger partial charge in [0.2, 0.25) is 15.9 Å². The third kappa shape index (κ3) is 8.47. The number of hydrogen-bond donors (Lipinski definition) is 1. The van der Waals surface area contributed by atoms with Crippen LogP contribution in [0.2, 0.25) is 0 Å². The van der Waals surface area contributed by atoms with Crippen molar-refractivity contribution < 1.29 is 17.9 Å². The van der Waals surface area contributed by atoms with Crippen LogP contribution >= 0.6 is 11.8 Å². The Morgan fingerprint density at radius 1 is 0.909 bits per heavy atom. The summed E-state index contributed by atoms with van der Waals surface area (Å²) in [4.78, 5) is 12.4. The van der Waals surface area contributed by atoms with E-state index in [1.165, 1.54) is 5.56 Å². The van der Waals surface area contributed by atoms with Gasteiger partial charge in [0.05, 0.1) is 11.9 Å². The van der Waals surface area contributed by atoms with Crippen LogP contribution < -0.4 is 14.4 Å². The third-order valence-corrected chi connectivity index (χ3v) is 6.95. The second-order valence-corrected chi connectivity index (χ2v) is 10.4. The number of nitrogens with zero attached hydrogens (tertiary/aromatic N) is 1. The van der Waals surface area contributed by atoms with Gasteiger partial charge in [0.1, 0.15) is 18.0 Å². The lowest BCUT2D eigenvalue weighted by molar-refractivity contribution is -0.119. The van der Waals surface area contributed by atoms with E-state index in [4.69, 9.17) is 4.74 Å². The van der Waals surface area contributed by atoms with Gasteiger partial charge in [-0.1, -0.05) is 48.5 Å². The second kappa shape index (κ2) is 12.3. The zero-order valence-electron chi connectivity index (χ0n) is 18.5. The van der Waals surface area contributed by atoms with E-state index in [9.17, 15) is 13.2 Å². The van der Waals surface area contributed by atoms with Crippen LogP contribution in [-0.4, -0.2) is 39.4 Å². The minimum Gasteiger partial charge on any atom is -0.457 e. The minimum absolute atomic E-state index is 0.269. The number of benzene rings is 3. The first-order chi connectivity index (χ1) is 15.9. The summed E-state index contributed by atoms with van der Waals surface area (Å²) < 4.78 is 31.4. The highest BCUT2D eigenvalue weighted by Gasteiger charge is 2.20. The number of carbonyl (C=O) groups excluding carboxylic acids is 1. The highest BCUT2D eigenvalue weighted by Crippen LogP contribution is 2.25. The van der Waals surface area contributed by atoms with Crippen molar-refractivity contribution in [3.8, 4) is 11.5 Å². The predicted molar refractivity (Wildman–Crippen MR) is 135 cm³/mol. The molecule has 0 unspecified atom stereocenters. The van der Waals surface area contributed by atoms with Crippen molar-refractivity contribution >= 4 is 33.4 Å². The highest BCUT2D eigenvalue weighted by molar-refractivity contribution is 7.98. The lowest BCUT2D eigenvalue weighted by Crippen LogP contribution is -2.40. The first kappa shape index (κ1) is 24.7. The summed E-state index contributed by atoms with van der Waals surface area (Å²) in [5.74, 6) is 2.77. The lowest BCUT2D eigenvalue weighted by atomic mass is 10.2. The van der Waals surface area contributed by atoms with Gasteiger partial charge >= 0.3 is 0 Å². The standard InChI is InChI=1S/C25H28N2O4S2/c1-33(29,30)27(22-13-15-24(16-14-22)31-23-11-6-3-7-12-23)19-25(28)26-17-8-18-32-20-21-9-4-2-5-10-21/h2-7,9-16H,8,17-20H2,1H3,(H,26,28). The van der Waals surface area contributed by atoms with Crippen LogP contribution in [0.1, 0.15) is 12.0 Å². The average molecular weight is 485 g/mol. The molecule has 0 aliphatic carbocycles. The van der Waals surface area contributed by atoms with E-state index in [2.05, 4.69) is 17.4 Å². The molecular weight excluding hydrogens is 456 g/mol. The van der Waals surface area contributed by atoms with E-state index in [1.54, 1.807) is 36.0 Å². The Hall–Kier alpha value is -2.97. The Kier molecular flexibility index (Phi) is 9.21. The molecule has 1 amide bonds. The van der Waals surface area contributed by atoms with E-state index in [-0.39, 0.29) is 12.5 Å². The van der Waals surface area contributed by atoms with Crippen molar-refractivity contribution in [1.82, 2.24) is 5.32 Å². The number of sulfonamides is 1. The highest BCUT2D eigenvalue weighted by atomic mass is 32.2. The second-order valence-electron chi connectivity index (χ2n) is 7.42. The summed E-state index contributed by atoms with van der Waals surface area (Å²) in [6.07, 6.45) is 1.91. The van der Waals surface area contributed by atoms with Gasteiger partial charge in [0.15, 0.2) is 0 Å². The smallest absolute Gasteiger partial charge is 0.240 e. The van der Waals surface area contributed by atoms with Crippen LogP contribution in [0.15, 0.2) is 84.9 Å². The summed E-state index contributed by atoms with van der Waals surface area (Å²) >= 11 is 1.81. The van der Waals surface area contributed by atoms with Crippen LogP contribution in [0.5, 0.6) is 11.5 Å². The summed E-state index contributed by atoms with van der Waals surface area (Å²) in [6.45, 7) is 0.233. The monoisotopic (exact) mass is 484 g/mol. The summed E-state index contributed by atoms with van der Waals surface area (Å²) in [7, 11) is -3.63. The van der Waals surface area contributed by atoms with Gasteiger partial charge in [-0.25, -0.2) is 8.42 Å². The van der Waals surface area contributed by atoms with Crippen molar-refractivity contribution in [3.63, 3.8) is 0 Å². The molecular formula is C25H28N2O4S2. The maximum Gasteiger partial charge on any atom is 0.240 e. The molecule has 0 saturated heterocycles. The molecule has 3 aromatic carbocycles. The number of para-hydroxylation sites is 1. The molecule has 0 bridgehead atoms. The van der Waals surface area contributed by atoms with Gasteiger partial charge in [0, 0.05) is 12.3 Å². The first-order valence-corrected chi connectivity index (χ1v) is 13.6. The Balaban J connectivity index is 1.47. The van der Waals surface area contributed by atoms with Gasteiger partial charge in [-0.05, 0) is 54.1 Å². The molecule has 6 nitrogen and oxygen atoms in total. The molecule has 0 fully saturated rings. The van der Waals surface area contributed by atoms with Gasteiger partial charge in [0.25, 0.3) is 0 Å². The predicted octanol–water partition coefficient (Wildman–Crippen LogP) is 4.68. The number of rotatable bonds is 12. The van der Waals surface area contributed by atoms with Crippen LogP contribution in [0.4, 0.5) is 5.69 Å². The van der Waals surface area contributed by atoms with Crippen molar-refractivity contribution in [2.75, 3.05) is 29.4 Å². The number of thioether (sulfide) groups is 1. The van der Waals surface area contributed by atoms with Crippen molar-refractivity contribution in [3.05, 3.63) is 90.5 Å². The topological polar surface area (TPSA) is 75.7 Å². The molecule has 0 aromatic heterocycles. The molecule has 0 aliphatic heterocycles. The Morgan fingerprint density at radius 2 is 1.52 bits per heavy atom.